The highest BCUT2D eigenvalue weighted by atomic mass is 16.5. The van der Waals surface area contributed by atoms with Crippen LogP contribution in [0.15, 0.2) is 30.3 Å². The number of ether oxygens (including phenoxy) is 1. The molecule has 108 valence electrons. The van der Waals surface area contributed by atoms with Crippen LogP contribution in [0.1, 0.15) is 31.2 Å². The van der Waals surface area contributed by atoms with E-state index < -0.39 is 5.60 Å². The van der Waals surface area contributed by atoms with Crippen molar-refractivity contribution in [1.29, 1.82) is 0 Å². The minimum atomic E-state index is -0.709. The summed E-state index contributed by atoms with van der Waals surface area (Å²) in [4.78, 5) is 11.7. The van der Waals surface area contributed by atoms with Crippen molar-refractivity contribution in [3.05, 3.63) is 35.9 Å². The van der Waals surface area contributed by atoms with E-state index in [4.69, 9.17) is 4.74 Å². The van der Waals surface area contributed by atoms with Crippen LogP contribution in [0.3, 0.4) is 0 Å². The van der Waals surface area contributed by atoms with E-state index in [0.29, 0.717) is 6.54 Å². The van der Waals surface area contributed by atoms with Crippen molar-refractivity contribution in [1.82, 2.24) is 5.32 Å². The van der Waals surface area contributed by atoms with E-state index in [-0.39, 0.29) is 5.91 Å². The Balaban J connectivity index is 1.85. The molecular weight excluding hydrogens is 254 g/mol. The van der Waals surface area contributed by atoms with E-state index in [9.17, 15) is 9.90 Å². The third-order valence-corrected chi connectivity index (χ3v) is 3.65. The lowest BCUT2D eigenvalue weighted by Gasteiger charge is -2.21. The van der Waals surface area contributed by atoms with Crippen LogP contribution < -0.4 is 10.1 Å². The molecule has 4 heteroatoms. The van der Waals surface area contributed by atoms with Crippen LogP contribution in [-0.4, -0.2) is 30.3 Å². The van der Waals surface area contributed by atoms with Crippen LogP contribution in [0.25, 0.3) is 6.08 Å². The van der Waals surface area contributed by atoms with Gasteiger partial charge in [0.25, 0.3) is 0 Å². The average Bonchev–Trinajstić information content (AvgIpc) is 2.90. The maximum atomic E-state index is 11.7. The summed E-state index contributed by atoms with van der Waals surface area (Å²) in [6, 6.07) is 7.48. The minimum absolute atomic E-state index is 0.187. The molecule has 1 saturated carbocycles. The van der Waals surface area contributed by atoms with Gasteiger partial charge < -0.3 is 15.2 Å². The van der Waals surface area contributed by atoms with Gasteiger partial charge in [-0.1, -0.05) is 25.0 Å². The van der Waals surface area contributed by atoms with E-state index in [0.717, 1.165) is 37.0 Å². The topological polar surface area (TPSA) is 58.6 Å². The standard InChI is InChI=1S/C16H21NO3/c1-20-14-6-4-5-13(11-14)7-8-15(18)17-12-16(19)9-2-3-10-16/h4-8,11,19H,2-3,9-10,12H2,1H3,(H,17,18)/b8-7+. The molecular formula is C16H21NO3. The number of carbonyl (C=O) groups excluding carboxylic acids is 1. The lowest BCUT2D eigenvalue weighted by atomic mass is 10.0. The molecule has 20 heavy (non-hydrogen) atoms. The Morgan fingerprint density at radius 2 is 2.20 bits per heavy atom. The Kier molecular flexibility index (Phi) is 4.79. The molecule has 1 amide bonds. The quantitative estimate of drug-likeness (QED) is 0.809. The summed E-state index contributed by atoms with van der Waals surface area (Å²) in [6.45, 7) is 0.328. The predicted octanol–water partition coefficient (Wildman–Crippen LogP) is 2.13. The van der Waals surface area contributed by atoms with E-state index >= 15 is 0 Å². The van der Waals surface area contributed by atoms with Crippen molar-refractivity contribution >= 4 is 12.0 Å². The van der Waals surface area contributed by atoms with Crippen molar-refractivity contribution in [2.45, 2.75) is 31.3 Å². The first-order valence-electron chi connectivity index (χ1n) is 6.94. The van der Waals surface area contributed by atoms with E-state index in [1.165, 1.54) is 6.08 Å². The Hall–Kier alpha value is -1.81. The molecule has 2 rings (SSSR count). The van der Waals surface area contributed by atoms with Crippen molar-refractivity contribution in [3.8, 4) is 5.75 Å². The number of aliphatic hydroxyl groups is 1. The van der Waals surface area contributed by atoms with Gasteiger partial charge in [0.1, 0.15) is 5.75 Å². The van der Waals surface area contributed by atoms with Crippen LogP contribution >= 0.6 is 0 Å². The van der Waals surface area contributed by atoms with Crippen molar-refractivity contribution in [2.75, 3.05) is 13.7 Å². The highest BCUT2D eigenvalue weighted by Gasteiger charge is 2.30. The molecule has 2 N–H and O–H groups in total. The Bertz CT molecular complexity index is 490. The zero-order chi connectivity index (χ0) is 14.4. The van der Waals surface area contributed by atoms with Gasteiger partial charge in [0.05, 0.1) is 12.7 Å². The van der Waals surface area contributed by atoms with Crippen LogP contribution in [0.5, 0.6) is 5.75 Å². The molecule has 1 aliphatic carbocycles. The van der Waals surface area contributed by atoms with Gasteiger partial charge in [0.15, 0.2) is 0 Å². The molecule has 0 spiro atoms. The van der Waals surface area contributed by atoms with Crippen LogP contribution in [0.2, 0.25) is 0 Å². The third kappa shape index (κ3) is 4.10. The lowest BCUT2D eigenvalue weighted by Crippen LogP contribution is -2.40. The van der Waals surface area contributed by atoms with E-state index in [2.05, 4.69) is 5.32 Å². The number of methoxy groups -OCH3 is 1. The molecule has 4 nitrogen and oxygen atoms in total. The molecule has 0 heterocycles. The summed E-state index contributed by atoms with van der Waals surface area (Å²) < 4.78 is 5.12. The fourth-order valence-electron chi connectivity index (χ4n) is 2.44. The molecule has 1 aliphatic rings. The van der Waals surface area contributed by atoms with Crippen LogP contribution in [0, 0.1) is 0 Å². The molecule has 0 radical (unpaired) electrons. The Labute approximate surface area is 119 Å². The molecule has 1 aromatic carbocycles. The molecule has 0 saturated heterocycles. The Morgan fingerprint density at radius 3 is 2.90 bits per heavy atom. The van der Waals surface area contributed by atoms with Gasteiger partial charge in [-0.3, -0.25) is 4.79 Å². The number of hydrogen-bond acceptors (Lipinski definition) is 3. The van der Waals surface area contributed by atoms with Gasteiger partial charge in [0.2, 0.25) is 5.91 Å². The minimum Gasteiger partial charge on any atom is -0.497 e. The highest BCUT2D eigenvalue weighted by molar-refractivity contribution is 5.91. The first-order valence-corrected chi connectivity index (χ1v) is 6.94. The summed E-state index contributed by atoms with van der Waals surface area (Å²) in [7, 11) is 1.61. The molecule has 0 aromatic heterocycles. The number of nitrogens with one attached hydrogen (secondary N) is 1. The van der Waals surface area contributed by atoms with Crippen molar-refractivity contribution in [3.63, 3.8) is 0 Å². The summed E-state index contributed by atoms with van der Waals surface area (Å²) in [5.41, 5.74) is 0.193. The summed E-state index contributed by atoms with van der Waals surface area (Å²) >= 11 is 0. The first-order chi connectivity index (χ1) is 9.61. The van der Waals surface area contributed by atoms with Gasteiger partial charge in [-0.15, -0.1) is 0 Å². The van der Waals surface area contributed by atoms with Gasteiger partial charge >= 0.3 is 0 Å². The van der Waals surface area contributed by atoms with Crippen LogP contribution in [0.4, 0.5) is 0 Å². The average molecular weight is 275 g/mol. The second kappa shape index (κ2) is 6.57. The predicted molar refractivity (Wildman–Crippen MR) is 78.5 cm³/mol. The molecule has 0 unspecified atom stereocenters. The molecule has 0 atom stereocenters. The summed E-state index contributed by atoms with van der Waals surface area (Å²) in [5.74, 6) is 0.570. The van der Waals surface area contributed by atoms with E-state index in [1.54, 1.807) is 13.2 Å². The largest absolute Gasteiger partial charge is 0.497 e. The molecule has 0 aliphatic heterocycles. The number of hydrogen-bond donors (Lipinski definition) is 2. The normalized spacial score (nSPS) is 17.3. The van der Waals surface area contributed by atoms with Gasteiger partial charge in [-0.2, -0.15) is 0 Å². The smallest absolute Gasteiger partial charge is 0.244 e. The SMILES string of the molecule is COc1cccc(/C=C/C(=O)NCC2(O)CCCC2)c1. The van der Waals surface area contributed by atoms with Crippen molar-refractivity contribution in [2.24, 2.45) is 0 Å². The second-order valence-corrected chi connectivity index (χ2v) is 5.26. The highest BCUT2D eigenvalue weighted by Crippen LogP contribution is 2.28. The van der Waals surface area contributed by atoms with Gasteiger partial charge in [-0.05, 0) is 36.6 Å². The second-order valence-electron chi connectivity index (χ2n) is 5.26. The zero-order valence-corrected chi connectivity index (χ0v) is 11.8. The first kappa shape index (κ1) is 14.6. The third-order valence-electron chi connectivity index (χ3n) is 3.65. The molecule has 0 bridgehead atoms. The number of rotatable bonds is 5. The van der Waals surface area contributed by atoms with Gasteiger partial charge in [0, 0.05) is 12.6 Å². The Morgan fingerprint density at radius 1 is 1.45 bits per heavy atom. The van der Waals surface area contributed by atoms with E-state index in [1.807, 2.05) is 24.3 Å². The van der Waals surface area contributed by atoms with Crippen LogP contribution in [-0.2, 0) is 4.79 Å². The summed E-state index contributed by atoms with van der Waals surface area (Å²) in [6.07, 6.45) is 6.82. The monoisotopic (exact) mass is 275 g/mol. The summed E-state index contributed by atoms with van der Waals surface area (Å²) in [5, 5.41) is 12.9. The molecule has 1 aromatic rings. The lowest BCUT2D eigenvalue weighted by molar-refractivity contribution is -0.117. The fraction of sp³-hybridized carbons (Fsp3) is 0.438. The maximum Gasteiger partial charge on any atom is 0.244 e. The van der Waals surface area contributed by atoms with Gasteiger partial charge in [-0.25, -0.2) is 0 Å². The number of amides is 1. The molecule has 1 fully saturated rings. The number of carbonyl (C=O) groups is 1. The maximum absolute atomic E-state index is 11.7. The zero-order valence-electron chi connectivity index (χ0n) is 11.8. The van der Waals surface area contributed by atoms with Crippen molar-refractivity contribution < 1.29 is 14.6 Å². The number of benzene rings is 1. The fourth-order valence-corrected chi connectivity index (χ4v) is 2.44.